The SMILES string of the molecule is Cc1cc(C=O)cc(C)c1OC/C=C/Cl. The molecule has 1 aromatic carbocycles. The number of benzene rings is 1. The minimum absolute atomic E-state index is 0.436. The van der Waals surface area contributed by atoms with Gasteiger partial charge in [-0.1, -0.05) is 11.6 Å². The lowest BCUT2D eigenvalue weighted by molar-refractivity contribution is 0.112. The molecule has 0 saturated heterocycles. The van der Waals surface area contributed by atoms with Crippen molar-refractivity contribution in [1.29, 1.82) is 0 Å². The Kier molecular flexibility index (Phi) is 4.37. The molecule has 0 spiro atoms. The minimum Gasteiger partial charge on any atom is -0.489 e. The Morgan fingerprint density at radius 2 is 1.93 bits per heavy atom. The van der Waals surface area contributed by atoms with Crippen LogP contribution in [0.3, 0.4) is 0 Å². The van der Waals surface area contributed by atoms with Crippen molar-refractivity contribution >= 4 is 17.9 Å². The number of ether oxygens (including phenoxy) is 1. The first-order valence-corrected chi connectivity index (χ1v) is 5.07. The molecule has 15 heavy (non-hydrogen) atoms. The van der Waals surface area contributed by atoms with Gasteiger partial charge in [0.25, 0.3) is 0 Å². The topological polar surface area (TPSA) is 26.3 Å². The van der Waals surface area contributed by atoms with E-state index in [1.807, 2.05) is 13.8 Å². The molecule has 0 aliphatic heterocycles. The van der Waals surface area contributed by atoms with Crippen molar-refractivity contribution in [2.45, 2.75) is 13.8 Å². The lowest BCUT2D eigenvalue weighted by Gasteiger charge is -2.10. The third-order valence-corrected chi connectivity index (χ3v) is 2.21. The van der Waals surface area contributed by atoms with E-state index in [9.17, 15) is 4.79 Å². The van der Waals surface area contributed by atoms with Crippen LogP contribution in [0.2, 0.25) is 0 Å². The van der Waals surface area contributed by atoms with E-state index in [-0.39, 0.29) is 0 Å². The highest BCUT2D eigenvalue weighted by Crippen LogP contribution is 2.24. The predicted molar refractivity (Wildman–Crippen MR) is 61.8 cm³/mol. The van der Waals surface area contributed by atoms with Gasteiger partial charge in [0.05, 0.1) is 0 Å². The van der Waals surface area contributed by atoms with Gasteiger partial charge in [-0.2, -0.15) is 0 Å². The van der Waals surface area contributed by atoms with Crippen LogP contribution in [0, 0.1) is 13.8 Å². The molecule has 0 aliphatic carbocycles. The molecule has 0 amide bonds. The average molecular weight is 225 g/mol. The first-order chi connectivity index (χ1) is 7.19. The number of halogens is 1. The molecule has 0 radical (unpaired) electrons. The monoisotopic (exact) mass is 224 g/mol. The van der Waals surface area contributed by atoms with Gasteiger partial charge in [-0.25, -0.2) is 0 Å². The van der Waals surface area contributed by atoms with Crippen molar-refractivity contribution < 1.29 is 9.53 Å². The van der Waals surface area contributed by atoms with Crippen molar-refractivity contribution in [3.8, 4) is 5.75 Å². The third kappa shape index (κ3) is 3.10. The molecule has 0 N–H and O–H groups in total. The Morgan fingerprint density at radius 3 is 2.40 bits per heavy atom. The highest BCUT2D eigenvalue weighted by molar-refractivity contribution is 6.25. The summed E-state index contributed by atoms with van der Waals surface area (Å²) in [5.74, 6) is 0.815. The number of rotatable bonds is 4. The Hall–Kier alpha value is -1.28. The van der Waals surface area contributed by atoms with Gasteiger partial charge in [0.2, 0.25) is 0 Å². The lowest BCUT2D eigenvalue weighted by atomic mass is 10.1. The maximum Gasteiger partial charge on any atom is 0.150 e. The van der Waals surface area contributed by atoms with E-state index in [0.717, 1.165) is 23.2 Å². The minimum atomic E-state index is 0.436. The maximum absolute atomic E-state index is 10.6. The number of carbonyl (C=O) groups is 1. The Labute approximate surface area is 94.5 Å². The second kappa shape index (κ2) is 5.56. The van der Waals surface area contributed by atoms with E-state index in [1.54, 1.807) is 18.2 Å². The maximum atomic E-state index is 10.6. The normalized spacial score (nSPS) is 10.6. The summed E-state index contributed by atoms with van der Waals surface area (Å²) in [5, 5.41) is 0. The standard InChI is InChI=1S/C12H13ClO2/c1-9-6-11(8-14)7-10(2)12(9)15-5-3-4-13/h3-4,6-8H,5H2,1-2H3/b4-3+. The first kappa shape index (κ1) is 11.8. The van der Waals surface area contributed by atoms with Crippen molar-refractivity contribution in [3.63, 3.8) is 0 Å². The van der Waals surface area contributed by atoms with E-state index < -0.39 is 0 Å². The van der Waals surface area contributed by atoms with Gasteiger partial charge in [-0.3, -0.25) is 4.79 Å². The molecule has 0 atom stereocenters. The number of hydrogen-bond donors (Lipinski definition) is 0. The molecule has 0 bridgehead atoms. The largest absolute Gasteiger partial charge is 0.489 e. The van der Waals surface area contributed by atoms with Crippen LogP contribution in [-0.2, 0) is 0 Å². The molecule has 0 aliphatic rings. The van der Waals surface area contributed by atoms with Crippen LogP contribution < -0.4 is 4.74 Å². The molecule has 0 unspecified atom stereocenters. The average Bonchev–Trinajstić information content (AvgIpc) is 2.22. The molecule has 0 aromatic heterocycles. The highest BCUT2D eigenvalue weighted by atomic mass is 35.5. The van der Waals surface area contributed by atoms with Gasteiger partial charge in [-0.15, -0.1) is 0 Å². The highest BCUT2D eigenvalue weighted by Gasteiger charge is 2.05. The fraction of sp³-hybridized carbons (Fsp3) is 0.250. The van der Waals surface area contributed by atoms with Crippen LogP contribution in [0.25, 0.3) is 0 Å². The van der Waals surface area contributed by atoms with Crippen LogP contribution in [0.15, 0.2) is 23.7 Å². The van der Waals surface area contributed by atoms with E-state index in [4.69, 9.17) is 16.3 Å². The lowest BCUT2D eigenvalue weighted by Crippen LogP contribution is -1.99. The number of hydrogen-bond acceptors (Lipinski definition) is 2. The summed E-state index contributed by atoms with van der Waals surface area (Å²) in [6.45, 7) is 4.27. The summed E-state index contributed by atoms with van der Waals surface area (Å²) in [5.41, 5.74) is 4.01. The van der Waals surface area contributed by atoms with Crippen molar-refractivity contribution in [2.24, 2.45) is 0 Å². The van der Waals surface area contributed by atoms with Crippen LogP contribution in [-0.4, -0.2) is 12.9 Å². The molecule has 3 heteroatoms. The molecule has 80 valence electrons. The van der Waals surface area contributed by atoms with Crippen LogP contribution in [0.4, 0.5) is 0 Å². The van der Waals surface area contributed by atoms with E-state index in [2.05, 4.69) is 0 Å². The van der Waals surface area contributed by atoms with Gasteiger partial charge < -0.3 is 4.74 Å². The van der Waals surface area contributed by atoms with Crippen LogP contribution >= 0.6 is 11.6 Å². The third-order valence-electron chi connectivity index (χ3n) is 2.03. The zero-order chi connectivity index (χ0) is 11.3. The smallest absolute Gasteiger partial charge is 0.150 e. The van der Waals surface area contributed by atoms with Gasteiger partial charge in [-0.05, 0) is 43.2 Å². The zero-order valence-electron chi connectivity index (χ0n) is 8.79. The summed E-state index contributed by atoms with van der Waals surface area (Å²) in [7, 11) is 0. The Bertz CT molecular complexity index is 360. The molecule has 2 nitrogen and oxygen atoms in total. The second-order valence-electron chi connectivity index (χ2n) is 3.27. The summed E-state index contributed by atoms with van der Waals surface area (Å²) in [6.07, 6.45) is 2.55. The zero-order valence-corrected chi connectivity index (χ0v) is 9.54. The van der Waals surface area contributed by atoms with Crippen LogP contribution in [0.1, 0.15) is 21.5 Å². The van der Waals surface area contributed by atoms with Crippen LogP contribution in [0.5, 0.6) is 5.75 Å². The van der Waals surface area contributed by atoms with Crippen molar-refractivity contribution in [2.75, 3.05) is 6.61 Å². The Morgan fingerprint density at radius 1 is 1.33 bits per heavy atom. The Balaban J connectivity index is 2.92. The van der Waals surface area contributed by atoms with E-state index in [0.29, 0.717) is 12.2 Å². The predicted octanol–water partition coefficient (Wildman–Crippen LogP) is 3.25. The molecule has 0 fully saturated rings. The second-order valence-corrected chi connectivity index (χ2v) is 3.53. The fourth-order valence-electron chi connectivity index (χ4n) is 1.45. The first-order valence-electron chi connectivity index (χ1n) is 4.63. The molecule has 1 rings (SSSR count). The summed E-state index contributed by atoms with van der Waals surface area (Å²) >= 11 is 5.39. The molecule has 0 heterocycles. The van der Waals surface area contributed by atoms with Gasteiger partial charge in [0, 0.05) is 11.1 Å². The molecular formula is C12H13ClO2. The fourth-order valence-corrected chi connectivity index (χ4v) is 1.52. The molecular weight excluding hydrogens is 212 g/mol. The van der Waals surface area contributed by atoms with Gasteiger partial charge in [0.15, 0.2) is 0 Å². The van der Waals surface area contributed by atoms with Crippen molar-refractivity contribution in [1.82, 2.24) is 0 Å². The van der Waals surface area contributed by atoms with Gasteiger partial charge >= 0.3 is 0 Å². The molecule has 0 saturated carbocycles. The summed E-state index contributed by atoms with van der Waals surface area (Å²) < 4.78 is 5.52. The van der Waals surface area contributed by atoms with Gasteiger partial charge in [0.1, 0.15) is 18.6 Å². The van der Waals surface area contributed by atoms with E-state index >= 15 is 0 Å². The number of carbonyl (C=O) groups excluding carboxylic acids is 1. The molecule has 1 aromatic rings. The van der Waals surface area contributed by atoms with Crippen molar-refractivity contribution in [3.05, 3.63) is 40.4 Å². The number of aldehydes is 1. The summed E-state index contributed by atoms with van der Waals surface area (Å²) in [6, 6.07) is 3.61. The number of aryl methyl sites for hydroxylation is 2. The summed E-state index contributed by atoms with van der Waals surface area (Å²) in [4.78, 5) is 10.6. The quantitative estimate of drug-likeness (QED) is 0.734. The van der Waals surface area contributed by atoms with E-state index in [1.165, 1.54) is 5.54 Å².